The molecule has 0 spiro atoms. The standard InChI is InChI=1S/C11H19NO4/c1-11(2,3)16-10(15)12-6-8(13)4-5-9(14)7-12/h4-5,8-9,13-14H,6-7H2,1-3H3. The Hall–Kier alpha value is -1.07. The van der Waals surface area contributed by atoms with E-state index in [-0.39, 0.29) is 13.1 Å². The molecule has 0 aromatic carbocycles. The van der Waals surface area contributed by atoms with Gasteiger partial charge in [-0.25, -0.2) is 4.79 Å². The van der Waals surface area contributed by atoms with Gasteiger partial charge in [0.05, 0.1) is 25.3 Å². The number of aliphatic hydroxyl groups excluding tert-OH is 2. The van der Waals surface area contributed by atoms with Gasteiger partial charge in [-0.1, -0.05) is 12.2 Å². The first-order valence-electron chi connectivity index (χ1n) is 5.30. The maximum absolute atomic E-state index is 11.7. The predicted molar refractivity (Wildman–Crippen MR) is 59.0 cm³/mol. The number of hydrogen-bond donors (Lipinski definition) is 2. The minimum absolute atomic E-state index is 0.141. The number of amides is 1. The highest BCUT2D eigenvalue weighted by atomic mass is 16.6. The van der Waals surface area contributed by atoms with E-state index < -0.39 is 23.9 Å². The molecule has 1 rings (SSSR count). The molecule has 2 unspecified atom stereocenters. The van der Waals surface area contributed by atoms with Crippen LogP contribution in [0.2, 0.25) is 0 Å². The molecule has 0 saturated carbocycles. The molecule has 0 bridgehead atoms. The molecule has 5 heteroatoms. The van der Waals surface area contributed by atoms with Crippen LogP contribution in [0.3, 0.4) is 0 Å². The highest BCUT2D eigenvalue weighted by Crippen LogP contribution is 2.12. The van der Waals surface area contributed by atoms with Crippen LogP contribution < -0.4 is 0 Å². The third kappa shape index (κ3) is 4.20. The lowest BCUT2D eigenvalue weighted by molar-refractivity contribution is 0.0127. The molecule has 0 fully saturated rings. The van der Waals surface area contributed by atoms with Crippen LogP contribution in [0.25, 0.3) is 0 Å². The molecule has 0 radical (unpaired) electrons. The third-order valence-electron chi connectivity index (χ3n) is 2.02. The van der Waals surface area contributed by atoms with Crippen LogP contribution in [0.4, 0.5) is 4.79 Å². The second-order valence-electron chi connectivity index (χ2n) is 4.90. The summed E-state index contributed by atoms with van der Waals surface area (Å²) in [7, 11) is 0. The van der Waals surface area contributed by atoms with Gasteiger partial charge in [0.1, 0.15) is 5.60 Å². The summed E-state index contributed by atoms with van der Waals surface area (Å²) < 4.78 is 5.17. The van der Waals surface area contributed by atoms with Crippen LogP contribution in [-0.4, -0.2) is 52.1 Å². The molecule has 1 aliphatic rings. The third-order valence-corrected chi connectivity index (χ3v) is 2.02. The Bertz CT molecular complexity index is 268. The van der Waals surface area contributed by atoms with E-state index in [0.29, 0.717) is 0 Å². The van der Waals surface area contributed by atoms with Crippen LogP contribution in [0.15, 0.2) is 12.2 Å². The van der Waals surface area contributed by atoms with Crippen molar-refractivity contribution < 1.29 is 19.7 Å². The van der Waals surface area contributed by atoms with Crippen molar-refractivity contribution in [2.75, 3.05) is 13.1 Å². The van der Waals surface area contributed by atoms with Crippen LogP contribution in [0.1, 0.15) is 20.8 Å². The number of β-amino-alcohol motifs (C(OH)–C–C–N with tert-alkyl or cyclic N) is 2. The summed E-state index contributed by atoms with van der Waals surface area (Å²) in [6.07, 6.45) is 0.924. The van der Waals surface area contributed by atoms with Crippen molar-refractivity contribution in [3.8, 4) is 0 Å². The fourth-order valence-electron chi connectivity index (χ4n) is 1.38. The van der Waals surface area contributed by atoms with Gasteiger partial charge in [0.2, 0.25) is 0 Å². The molecular weight excluding hydrogens is 210 g/mol. The minimum Gasteiger partial charge on any atom is -0.444 e. The zero-order chi connectivity index (χ0) is 12.3. The van der Waals surface area contributed by atoms with Gasteiger partial charge in [-0.2, -0.15) is 0 Å². The molecule has 1 aliphatic heterocycles. The van der Waals surface area contributed by atoms with Crippen molar-refractivity contribution in [2.24, 2.45) is 0 Å². The first kappa shape index (κ1) is 13.0. The lowest BCUT2D eigenvalue weighted by Crippen LogP contribution is -2.42. The maximum atomic E-state index is 11.7. The van der Waals surface area contributed by atoms with E-state index in [9.17, 15) is 15.0 Å². The molecule has 2 atom stereocenters. The summed E-state index contributed by atoms with van der Waals surface area (Å²) in [5.74, 6) is 0. The number of carbonyl (C=O) groups excluding carboxylic acids is 1. The zero-order valence-corrected chi connectivity index (χ0v) is 9.88. The Morgan fingerprint density at radius 2 is 1.69 bits per heavy atom. The Labute approximate surface area is 95.3 Å². The normalized spacial score (nSPS) is 26.4. The molecule has 0 aromatic heterocycles. The number of carbonyl (C=O) groups is 1. The molecule has 1 amide bonds. The van der Waals surface area contributed by atoms with Crippen molar-refractivity contribution in [2.45, 2.75) is 38.6 Å². The highest BCUT2D eigenvalue weighted by Gasteiger charge is 2.26. The fourth-order valence-corrected chi connectivity index (χ4v) is 1.38. The molecule has 0 aliphatic carbocycles. The van der Waals surface area contributed by atoms with Gasteiger partial charge in [-0.3, -0.25) is 0 Å². The second-order valence-corrected chi connectivity index (χ2v) is 4.90. The fraction of sp³-hybridized carbons (Fsp3) is 0.727. The van der Waals surface area contributed by atoms with Gasteiger partial charge in [0.15, 0.2) is 0 Å². The Balaban J connectivity index is 2.62. The molecule has 16 heavy (non-hydrogen) atoms. The zero-order valence-electron chi connectivity index (χ0n) is 9.88. The number of nitrogens with zero attached hydrogens (tertiary/aromatic N) is 1. The largest absolute Gasteiger partial charge is 0.444 e. The van der Waals surface area contributed by atoms with Gasteiger partial charge in [0, 0.05) is 0 Å². The highest BCUT2D eigenvalue weighted by molar-refractivity contribution is 5.68. The lowest BCUT2D eigenvalue weighted by Gasteiger charge is -2.27. The molecule has 1 heterocycles. The molecular formula is C11H19NO4. The van der Waals surface area contributed by atoms with Gasteiger partial charge >= 0.3 is 6.09 Å². The molecule has 0 saturated heterocycles. The molecule has 0 aromatic rings. The monoisotopic (exact) mass is 229 g/mol. The van der Waals surface area contributed by atoms with Crippen LogP contribution in [0.5, 0.6) is 0 Å². The van der Waals surface area contributed by atoms with Crippen molar-refractivity contribution in [1.82, 2.24) is 4.90 Å². The lowest BCUT2D eigenvalue weighted by atomic mass is 10.2. The molecule has 5 nitrogen and oxygen atoms in total. The SMILES string of the molecule is CC(C)(C)OC(=O)N1CC(O)C=CC(O)C1. The Kier molecular flexibility index (Phi) is 3.93. The summed E-state index contributed by atoms with van der Waals surface area (Å²) >= 11 is 0. The minimum atomic E-state index is -0.760. The van der Waals surface area contributed by atoms with Gasteiger partial charge in [-0.15, -0.1) is 0 Å². The summed E-state index contributed by atoms with van der Waals surface area (Å²) in [4.78, 5) is 13.0. The molecule has 92 valence electrons. The number of hydrogen-bond acceptors (Lipinski definition) is 4. The summed E-state index contributed by atoms with van der Waals surface area (Å²) in [6.45, 7) is 5.60. The number of rotatable bonds is 0. The van der Waals surface area contributed by atoms with Crippen LogP contribution in [0, 0.1) is 0 Å². The second kappa shape index (κ2) is 4.84. The van der Waals surface area contributed by atoms with Gasteiger partial charge < -0.3 is 19.8 Å². The summed E-state index contributed by atoms with van der Waals surface area (Å²) in [5.41, 5.74) is -0.577. The van der Waals surface area contributed by atoms with Crippen molar-refractivity contribution in [1.29, 1.82) is 0 Å². The van der Waals surface area contributed by atoms with E-state index in [2.05, 4.69) is 0 Å². The summed E-state index contributed by atoms with van der Waals surface area (Å²) in [5, 5.41) is 19.0. The number of ether oxygens (including phenoxy) is 1. The predicted octanol–water partition coefficient (Wildman–Crippen LogP) is 0.515. The maximum Gasteiger partial charge on any atom is 0.410 e. The molecule has 2 N–H and O–H groups in total. The van der Waals surface area contributed by atoms with E-state index in [1.165, 1.54) is 17.1 Å². The van der Waals surface area contributed by atoms with Gasteiger partial charge in [-0.05, 0) is 20.8 Å². The van der Waals surface area contributed by atoms with E-state index in [4.69, 9.17) is 4.74 Å². The Morgan fingerprint density at radius 3 is 2.06 bits per heavy atom. The van der Waals surface area contributed by atoms with E-state index >= 15 is 0 Å². The van der Waals surface area contributed by atoms with Crippen LogP contribution in [-0.2, 0) is 4.74 Å². The average Bonchev–Trinajstić information content (AvgIpc) is 2.25. The van der Waals surface area contributed by atoms with E-state index in [1.807, 2.05) is 0 Å². The summed E-state index contributed by atoms with van der Waals surface area (Å²) in [6, 6.07) is 0. The van der Waals surface area contributed by atoms with Gasteiger partial charge in [0.25, 0.3) is 0 Å². The average molecular weight is 229 g/mol. The van der Waals surface area contributed by atoms with Crippen LogP contribution >= 0.6 is 0 Å². The Morgan fingerprint density at radius 1 is 1.25 bits per heavy atom. The van der Waals surface area contributed by atoms with Crippen molar-refractivity contribution in [3.63, 3.8) is 0 Å². The quantitative estimate of drug-likeness (QED) is 0.594. The number of aliphatic hydroxyl groups is 2. The first-order chi connectivity index (χ1) is 7.28. The van der Waals surface area contributed by atoms with E-state index in [1.54, 1.807) is 20.8 Å². The smallest absolute Gasteiger partial charge is 0.410 e. The first-order valence-corrected chi connectivity index (χ1v) is 5.30. The van der Waals surface area contributed by atoms with Crippen molar-refractivity contribution >= 4 is 6.09 Å². The van der Waals surface area contributed by atoms with Crippen molar-refractivity contribution in [3.05, 3.63) is 12.2 Å². The van der Waals surface area contributed by atoms with E-state index in [0.717, 1.165) is 0 Å². The topological polar surface area (TPSA) is 70.0 Å².